The third-order valence-electron chi connectivity index (χ3n) is 6.14. The van der Waals surface area contributed by atoms with Gasteiger partial charge in [0.2, 0.25) is 5.91 Å². The highest BCUT2D eigenvalue weighted by Crippen LogP contribution is 2.32. The van der Waals surface area contributed by atoms with E-state index >= 15 is 0 Å². The fourth-order valence-electron chi connectivity index (χ4n) is 4.49. The number of aryl methyl sites for hydroxylation is 1. The number of nitrogens with zero attached hydrogens (tertiary/aromatic N) is 3. The number of hydrogen-bond acceptors (Lipinski definition) is 5. The molecule has 0 spiro atoms. The topological polar surface area (TPSA) is 79.8 Å². The number of benzene rings is 2. The molecule has 0 bridgehead atoms. The fourth-order valence-corrected chi connectivity index (χ4v) is 4.49. The molecular formula is C24H27N3O4. The third-order valence-corrected chi connectivity index (χ3v) is 6.14. The van der Waals surface area contributed by atoms with E-state index < -0.39 is 0 Å². The first kappa shape index (κ1) is 20.9. The molecule has 0 atom stereocenters. The number of nitro benzene ring substituents is 1. The van der Waals surface area contributed by atoms with Crippen LogP contribution in [0.5, 0.6) is 0 Å². The Bertz CT molecular complexity index is 1100. The first-order valence-electron chi connectivity index (χ1n) is 10.7. The molecule has 0 aliphatic carbocycles. The first-order valence-corrected chi connectivity index (χ1v) is 10.7. The van der Waals surface area contributed by atoms with Gasteiger partial charge < -0.3 is 14.2 Å². The molecule has 3 aromatic rings. The van der Waals surface area contributed by atoms with E-state index in [1.165, 1.54) is 6.07 Å². The minimum atomic E-state index is -0.346. The van der Waals surface area contributed by atoms with Gasteiger partial charge in [0.15, 0.2) is 0 Å². The second kappa shape index (κ2) is 8.79. The first-order chi connectivity index (χ1) is 15.0. The number of amides is 1. The lowest BCUT2D eigenvalue weighted by atomic mass is 9.94. The lowest BCUT2D eigenvalue weighted by Gasteiger charge is -2.34. The highest BCUT2D eigenvalue weighted by molar-refractivity contribution is 5.84. The van der Waals surface area contributed by atoms with Crippen LogP contribution in [0.4, 0.5) is 11.4 Å². The van der Waals surface area contributed by atoms with Crippen LogP contribution in [0.15, 0.2) is 52.9 Å². The predicted molar refractivity (Wildman–Crippen MR) is 120 cm³/mol. The molecule has 2 aromatic carbocycles. The normalized spacial score (nSPS) is 14.7. The Morgan fingerprint density at radius 1 is 1.16 bits per heavy atom. The van der Waals surface area contributed by atoms with Crippen LogP contribution in [0.2, 0.25) is 0 Å². The molecule has 1 aliphatic rings. The summed E-state index contributed by atoms with van der Waals surface area (Å²) < 4.78 is 5.97. The van der Waals surface area contributed by atoms with Crippen molar-refractivity contribution in [2.24, 2.45) is 5.92 Å². The largest absolute Gasteiger partial charge is 0.461 e. The molecule has 7 heteroatoms. The zero-order chi connectivity index (χ0) is 22.0. The minimum absolute atomic E-state index is 0.0766. The lowest BCUT2D eigenvalue weighted by Crippen LogP contribution is -2.41. The number of furan rings is 1. The Balaban J connectivity index is 1.43. The summed E-state index contributed by atoms with van der Waals surface area (Å²) in [5, 5.41) is 12.4. The molecule has 1 aromatic heterocycles. The Kier molecular flexibility index (Phi) is 5.93. The molecule has 1 amide bonds. The minimum Gasteiger partial charge on any atom is -0.461 e. The molecule has 0 radical (unpaired) electrons. The van der Waals surface area contributed by atoms with E-state index in [2.05, 4.69) is 6.92 Å². The van der Waals surface area contributed by atoms with Crippen molar-refractivity contribution in [3.63, 3.8) is 0 Å². The number of fused-ring (bicyclic) bond motifs is 1. The molecule has 7 nitrogen and oxygen atoms in total. The average Bonchev–Trinajstić information content (AvgIpc) is 3.16. The van der Waals surface area contributed by atoms with Crippen LogP contribution in [0.25, 0.3) is 11.0 Å². The number of nitro groups is 1. The van der Waals surface area contributed by atoms with Gasteiger partial charge in [-0.2, -0.15) is 0 Å². The molecule has 162 valence electrons. The quantitative estimate of drug-likeness (QED) is 0.423. The van der Waals surface area contributed by atoms with E-state index in [1.54, 1.807) is 17.0 Å². The molecule has 0 unspecified atom stereocenters. The number of carbonyl (C=O) groups excluding carboxylic acids is 1. The van der Waals surface area contributed by atoms with Gasteiger partial charge in [-0.1, -0.05) is 37.3 Å². The van der Waals surface area contributed by atoms with Crippen molar-refractivity contribution in [2.45, 2.75) is 32.7 Å². The Hall–Kier alpha value is -3.35. The maximum absolute atomic E-state index is 13.1. The molecule has 1 aliphatic heterocycles. The maximum atomic E-state index is 13.1. The van der Waals surface area contributed by atoms with Gasteiger partial charge in [0.05, 0.1) is 4.92 Å². The van der Waals surface area contributed by atoms with Gasteiger partial charge in [-0.15, -0.1) is 0 Å². The molecule has 1 fully saturated rings. The van der Waals surface area contributed by atoms with E-state index in [9.17, 15) is 14.9 Å². The smallest absolute Gasteiger partial charge is 0.292 e. The average molecular weight is 421 g/mol. The van der Waals surface area contributed by atoms with Gasteiger partial charge in [-0.3, -0.25) is 14.9 Å². The zero-order valence-corrected chi connectivity index (χ0v) is 17.9. The van der Waals surface area contributed by atoms with Crippen molar-refractivity contribution in [1.29, 1.82) is 0 Å². The molecule has 31 heavy (non-hydrogen) atoms. The summed E-state index contributed by atoms with van der Waals surface area (Å²) in [6.07, 6.45) is 2.14. The molecule has 0 N–H and O–H groups in total. The van der Waals surface area contributed by atoms with Gasteiger partial charge in [0.1, 0.15) is 17.0 Å². The Morgan fingerprint density at radius 3 is 2.55 bits per heavy atom. The monoisotopic (exact) mass is 421 g/mol. The van der Waals surface area contributed by atoms with Gasteiger partial charge in [0, 0.05) is 56.0 Å². The number of para-hydroxylation sites is 3. The lowest BCUT2D eigenvalue weighted by molar-refractivity contribution is -0.384. The SMILES string of the molecule is CCc1oc2ccccc2c1CN(C)C(=O)C1CCN(c2ccccc2[N+](=O)[O-])CC1. The van der Waals surface area contributed by atoms with E-state index in [0.29, 0.717) is 38.2 Å². The predicted octanol–water partition coefficient (Wildman–Crippen LogP) is 4.78. The fraction of sp³-hybridized carbons (Fsp3) is 0.375. The number of hydrogen-bond donors (Lipinski definition) is 0. The van der Waals surface area contributed by atoms with Crippen molar-refractivity contribution in [3.05, 3.63) is 70.0 Å². The molecule has 2 heterocycles. The summed E-state index contributed by atoms with van der Waals surface area (Å²) in [4.78, 5) is 27.9. The summed E-state index contributed by atoms with van der Waals surface area (Å²) in [6.45, 7) is 3.83. The van der Waals surface area contributed by atoms with E-state index in [4.69, 9.17) is 4.42 Å². The van der Waals surface area contributed by atoms with Crippen LogP contribution in [0.3, 0.4) is 0 Å². The van der Waals surface area contributed by atoms with Gasteiger partial charge in [-0.25, -0.2) is 0 Å². The van der Waals surface area contributed by atoms with Crippen molar-refractivity contribution >= 4 is 28.3 Å². The van der Waals surface area contributed by atoms with Crippen LogP contribution in [-0.2, 0) is 17.8 Å². The molecule has 4 rings (SSSR count). The molecule has 0 saturated carbocycles. The van der Waals surface area contributed by atoms with Crippen LogP contribution in [-0.4, -0.2) is 35.9 Å². The standard InChI is InChI=1S/C24H27N3O4/c1-3-22-19(18-8-4-7-11-23(18)31-22)16-25(2)24(28)17-12-14-26(15-13-17)20-9-5-6-10-21(20)27(29)30/h4-11,17H,3,12-16H2,1-2H3. The third kappa shape index (κ3) is 4.13. The number of carbonyl (C=O) groups is 1. The van der Waals surface area contributed by atoms with Crippen LogP contribution < -0.4 is 4.90 Å². The maximum Gasteiger partial charge on any atom is 0.292 e. The highest BCUT2D eigenvalue weighted by atomic mass is 16.6. The van der Waals surface area contributed by atoms with E-state index in [-0.39, 0.29) is 22.4 Å². The number of piperidine rings is 1. The molecule has 1 saturated heterocycles. The zero-order valence-electron chi connectivity index (χ0n) is 17.9. The number of rotatable bonds is 6. The van der Waals surface area contributed by atoms with Crippen LogP contribution >= 0.6 is 0 Å². The summed E-state index contributed by atoms with van der Waals surface area (Å²) in [5.41, 5.74) is 2.67. The van der Waals surface area contributed by atoms with Crippen molar-refractivity contribution < 1.29 is 14.1 Å². The Morgan fingerprint density at radius 2 is 1.84 bits per heavy atom. The summed E-state index contributed by atoms with van der Waals surface area (Å²) in [6, 6.07) is 14.7. The van der Waals surface area contributed by atoms with E-state index in [1.807, 2.05) is 42.3 Å². The summed E-state index contributed by atoms with van der Waals surface area (Å²) in [7, 11) is 1.85. The van der Waals surface area contributed by atoms with Gasteiger partial charge in [-0.05, 0) is 25.0 Å². The highest BCUT2D eigenvalue weighted by Gasteiger charge is 2.30. The summed E-state index contributed by atoms with van der Waals surface area (Å²) >= 11 is 0. The van der Waals surface area contributed by atoms with Gasteiger partial charge >= 0.3 is 0 Å². The second-order valence-electron chi connectivity index (χ2n) is 8.05. The molecular weight excluding hydrogens is 394 g/mol. The summed E-state index contributed by atoms with van der Waals surface area (Å²) in [5.74, 6) is 0.967. The van der Waals surface area contributed by atoms with E-state index in [0.717, 1.165) is 28.7 Å². The van der Waals surface area contributed by atoms with Crippen LogP contribution in [0.1, 0.15) is 31.1 Å². The second-order valence-corrected chi connectivity index (χ2v) is 8.05. The van der Waals surface area contributed by atoms with Crippen molar-refractivity contribution in [3.8, 4) is 0 Å². The van der Waals surface area contributed by atoms with Crippen LogP contribution in [0, 0.1) is 16.0 Å². The van der Waals surface area contributed by atoms with Gasteiger partial charge in [0.25, 0.3) is 5.69 Å². The Labute approximate surface area is 181 Å². The van der Waals surface area contributed by atoms with Crippen molar-refractivity contribution in [2.75, 3.05) is 25.0 Å². The van der Waals surface area contributed by atoms with Crippen molar-refractivity contribution in [1.82, 2.24) is 4.90 Å². The number of anilines is 1.